The average Bonchev–Trinajstić information content (AvgIpc) is 2.96. The lowest BCUT2D eigenvalue weighted by molar-refractivity contribution is 0.0764. The first-order valence-corrected chi connectivity index (χ1v) is 7.39. The standard InChI is InChI=1S/C16H18N4O3/c1-23-15-3-2-11(7-19-15)16(22)20-9-12(14(21)10-20)6-13-8-17-4-5-18-13/h2-5,7-8,12,14,21H,6,9-10H2,1H3/t12-,14-/m1/s1. The normalized spacial score (nSPS) is 20.5. The second-order valence-electron chi connectivity index (χ2n) is 5.53. The van der Waals surface area contributed by atoms with Gasteiger partial charge in [0, 0.05) is 49.9 Å². The summed E-state index contributed by atoms with van der Waals surface area (Å²) < 4.78 is 4.99. The third kappa shape index (κ3) is 3.45. The van der Waals surface area contributed by atoms with Crippen LogP contribution in [-0.2, 0) is 6.42 Å². The van der Waals surface area contributed by atoms with Crippen molar-refractivity contribution in [1.82, 2.24) is 19.9 Å². The number of aliphatic hydroxyl groups is 1. The highest BCUT2D eigenvalue weighted by molar-refractivity contribution is 5.94. The average molecular weight is 314 g/mol. The molecule has 1 fully saturated rings. The smallest absolute Gasteiger partial charge is 0.255 e. The van der Waals surface area contributed by atoms with E-state index in [1.54, 1.807) is 35.6 Å². The van der Waals surface area contributed by atoms with Crippen molar-refractivity contribution < 1.29 is 14.6 Å². The van der Waals surface area contributed by atoms with Crippen molar-refractivity contribution in [1.29, 1.82) is 0 Å². The lowest BCUT2D eigenvalue weighted by Gasteiger charge is -2.16. The first kappa shape index (κ1) is 15.4. The molecule has 7 nitrogen and oxygen atoms in total. The van der Waals surface area contributed by atoms with Gasteiger partial charge >= 0.3 is 0 Å². The molecule has 0 radical (unpaired) electrons. The molecule has 2 aromatic heterocycles. The van der Waals surface area contributed by atoms with E-state index in [1.165, 1.54) is 13.3 Å². The molecule has 0 unspecified atom stereocenters. The Labute approximate surface area is 134 Å². The molecule has 2 atom stereocenters. The summed E-state index contributed by atoms with van der Waals surface area (Å²) in [5.74, 6) is 0.284. The van der Waals surface area contributed by atoms with Crippen molar-refractivity contribution in [3.63, 3.8) is 0 Å². The molecule has 1 saturated heterocycles. The number of methoxy groups -OCH3 is 1. The number of aromatic nitrogens is 3. The van der Waals surface area contributed by atoms with Gasteiger partial charge in [-0.15, -0.1) is 0 Å². The second-order valence-corrected chi connectivity index (χ2v) is 5.53. The van der Waals surface area contributed by atoms with E-state index < -0.39 is 6.10 Å². The Bertz CT molecular complexity index is 663. The van der Waals surface area contributed by atoms with Crippen molar-refractivity contribution in [3.8, 4) is 5.88 Å². The molecular formula is C16H18N4O3. The molecule has 3 rings (SSSR count). The van der Waals surface area contributed by atoms with Crippen LogP contribution in [0.3, 0.4) is 0 Å². The Morgan fingerprint density at radius 1 is 1.30 bits per heavy atom. The second kappa shape index (κ2) is 6.70. The summed E-state index contributed by atoms with van der Waals surface area (Å²) in [6.07, 6.45) is 6.45. The van der Waals surface area contributed by atoms with Gasteiger partial charge in [-0.3, -0.25) is 14.8 Å². The number of amides is 1. The largest absolute Gasteiger partial charge is 0.481 e. The van der Waals surface area contributed by atoms with Crippen LogP contribution in [0.4, 0.5) is 0 Å². The zero-order valence-electron chi connectivity index (χ0n) is 12.8. The van der Waals surface area contributed by atoms with Gasteiger partial charge < -0.3 is 14.7 Å². The molecule has 2 aromatic rings. The van der Waals surface area contributed by atoms with E-state index in [4.69, 9.17) is 4.74 Å². The van der Waals surface area contributed by atoms with Crippen LogP contribution in [0, 0.1) is 5.92 Å². The Hall–Kier alpha value is -2.54. The summed E-state index contributed by atoms with van der Waals surface area (Å²) in [6, 6.07) is 3.33. The number of likely N-dealkylation sites (tertiary alicyclic amines) is 1. The zero-order chi connectivity index (χ0) is 16.2. The molecule has 0 bridgehead atoms. The minimum absolute atomic E-state index is 0.0399. The molecule has 0 spiro atoms. The van der Waals surface area contributed by atoms with Gasteiger partial charge in [0.05, 0.1) is 24.5 Å². The summed E-state index contributed by atoms with van der Waals surface area (Å²) >= 11 is 0. The maximum atomic E-state index is 12.5. The van der Waals surface area contributed by atoms with Crippen molar-refractivity contribution in [2.75, 3.05) is 20.2 Å². The monoisotopic (exact) mass is 314 g/mol. The van der Waals surface area contributed by atoms with Crippen molar-refractivity contribution in [2.45, 2.75) is 12.5 Å². The van der Waals surface area contributed by atoms with Crippen LogP contribution in [-0.4, -0.2) is 57.2 Å². The van der Waals surface area contributed by atoms with Gasteiger partial charge in [0.15, 0.2) is 0 Å². The minimum atomic E-state index is -0.563. The van der Waals surface area contributed by atoms with Crippen LogP contribution >= 0.6 is 0 Å². The topological polar surface area (TPSA) is 88.4 Å². The number of β-amino-alcohol motifs (C(OH)–C–C–N with tert-alkyl or cyclic N) is 1. The van der Waals surface area contributed by atoms with E-state index in [0.717, 1.165) is 5.69 Å². The maximum Gasteiger partial charge on any atom is 0.255 e. The molecule has 1 amide bonds. The predicted octanol–water partition coefficient (Wildman–Crippen LogP) is 0.556. The molecule has 0 saturated carbocycles. The number of hydrogen-bond donors (Lipinski definition) is 1. The number of pyridine rings is 1. The van der Waals surface area contributed by atoms with Crippen LogP contribution in [0.2, 0.25) is 0 Å². The molecule has 0 aliphatic carbocycles. The molecule has 1 N–H and O–H groups in total. The summed E-state index contributed by atoms with van der Waals surface area (Å²) in [6.45, 7) is 0.804. The molecule has 1 aliphatic rings. The van der Waals surface area contributed by atoms with Gasteiger partial charge in [-0.05, 0) is 12.5 Å². The highest BCUT2D eigenvalue weighted by Gasteiger charge is 2.34. The van der Waals surface area contributed by atoms with E-state index >= 15 is 0 Å². The highest BCUT2D eigenvalue weighted by Crippen LogP contribution is 2.22. The van der Waals surface area contributed by atoms with Crippen LogP contribution in [0.25, 0.3) is 0 Å². The van der Waals surface area contributed by atoms with E-state index in [0.29, 0.717) is 31.0 Å². The van der Waals surface area contributed by atoms with Gasteiger partial charge in [0.1, 0.15) is 0 Å². The number of carbonyl (C=O) groups excluding carboxylic acids is 1. The number of ether oxygens (including phenoxy) is 1. The molecule has 23 heavy (non-hydrogen) atoms. The van der Waals surface area contributed by atoms with Gasteiger partial charge in [-0.2, -0.15) is 0 Å². The predicted molar refractivity (Wildman–Crippen MR) is 81.9 cm³/mol. The van der Waals surface area contributed by atoms with E-state index in [2.05, 4.69) is 15.0 Å². The highest BCUT2D eigenvalue weighted by atomic mass is 16.5. The van der Waals surface area contributed by atoms with Gasteiger partial charge in [-0.1, -0.05) is 0 Å². The van der Waals surface area contributed by atoms with Gasteiger partial charge in [0.2, 0.25) is 5.88 Å². The molecule has 3 heterocycles. The van der Waals surface area contributed by atoms with Crippen LogP contribution in [0.1, 0.15) is 16.1 Å². The molecule has 0 aromatic carbocycles. The maximum absolute atomic E-state index is 12.5. The number of rotatable bonds is 4. The lowest BCUT2D eigenvalue weighted by atomic mass is 10.0. The fourth-order valence-corrected chi connectivity index (χ4v) is 2.73. The molecule has 1 aliphatic heterocycles. The Morgan fingerprint density at radius 3 is 2.83 bits per heavy atom. The SMILES string of the molecule is COc1ccc(C(=O)N2C[C@@H](Cc3cnccn3)[C@H](O)C2)cn1. The number of aliphatic hydroxyl groups excluding tert-OH is 1. The van der Waals surface area contributed by atoms with Crippen LogP contribution < -0.4 is 4.74 Å². The van der Waals surface area contributed by atoms with E-state index in [9.17, 15) is 9.90 Å². The van der Waals surface area contributed by atoms with Crippen LogP contribution in [0.15, 0.2) is 36.9 Å². The number of carbonyl (C=O) groups is 1. The molecular weight excluding hydrogens is 296 g/mol. The molecule has 120 valence electrons. The van der Waals surface area contributed by atoms with E-state index in [1.807, 2.05) is 0 Å². The summed E-state index contributed by atoms with van der Waals surface area (Å²) in [5, 5.41) is 10.2. The summed E-state index contributed by atoms with van der Waals surface area (Å²) in [4.78, 5) is 26.4. The van der Waals surface area contributed by atoms with Gasteiger partial charge in [0.25, 0.3) is 5.91 Å². The number of nitrogens with zero attached hydrogens (tertiary/aromatic N) is 4. The first-order valence-electron chi connectivity index (χ1n) is 7.39. The van der Waals surface area contributed by atoms with Crippen molar-refractivity contribution in [2.24, 2.45) is 5.92 Å². The first-order chi connectivity index (χ1) is 11.2. The quantitative estimate of drug-likeness (QED) is 0.887. The summed E-state index contributed by atoms with van der Waals surface area (Å²) in [5.41, 5.74) is 1.30. The Morgan fingerprint density at radius 2 is 2.17 bits per heavy atom. The minimum Gasteiger partial charge on any atom is -0.481 e. The Balaban J connectivity index is 1.66. The lowest BCUT2D eigenvalue weighted by Crippen LogP contribution is -2.29. The third-order valence-corrected chi connectivity index (χ3v) is 3.97. The van der Waals surface area contributed by atoms with Crippen LogP contribution in [0.5, 0.6) is 5.88 Å². The number of hydrogen-bond acceptors (Lipinski definition) is 6. The van der Waals surface area contributed by atoms with Crippen molar-refractivity contribution >= 4 is 5.91 Å². The zero-order valence-corrected chi connectivity index (χ0v) is 12.8. The van der Waals surface area contributed by atoms with E-state index in [-0.39, 0.29) is 11.8 Å². The van der Waals surface area contributed by atoms with Crippen molar-refractivity contribution in [3.05, 3.63) is 48.2 Å². The fourth-order valence-electron chi connectivity index (χ4n) is 2.73. The fraction of sp³-hybridized carbons (Fsp3) is 0.375. The summed E-state index contributed by atoms with van der Waals surface area (Å²) in [7, 11) is 1.53. The van der Waals surface area contributed by atoms with Gasteiger partial charge in [-0.25, -0.2) is 4.98 Å². The Kier molecular flexibility index (Phi) is 4.47. The molecule has 7 heteroatoms. The third-order valence-electron chi connectivity index (χ3n) is 3.97.